The monoisotopic (exact) mass is 222 g/mol. The maximum atomic E-state index is 10.8. The Labute approximate surface area is 90.5 Å². The highest BCUT2D eigenvalue weighted by Gasteiger charge is 2.02. The second-order valence-corrected chi connectivity index (χ2v) is 4.08. The number of benzene rings is 1. The molecule has 0 unspecified atom stereocenters. The summed E-state index contributed by atoms with van der Waals surface area (Å²) in [6.45, 7) is 0. The summed E-state index contributed by atoms with van der Waals surface area (Å²) >= 11 is 1.58. The molecule has 0 aliphatic rings. The molecule has 0 bridgehead atoms. The van der Waals surface area contributed by atoms with Crippen LogP contribution in [0.5, 0.6) is 0 Å². The maximum Gasteiger partial charge on any atom is 0.243 e. The molecule has 0 radical (unpaired) electrons. The fraction of sp³-hybridized carbons (Fsp3) is 0.200. The van der Waals surface area contributed by atoms with Crippen molar-refractivity contribution in [2.75, 3.05) is 0 Å². The molecule has 2 rings (SSSR count). The number of thiazole rings is 1. The van der Waals surface area contributed by atoms with E-state index in [1.165, 1.54) is 0 Å². The largest absolute Gasteiger partial charge is 0.289 e. The first-order valence-electron chi connectivity index (χ1n) is 4.54. The Balaban J connectivity index is 2.11. The van der Waals surface area contributed by atoms with Gasteiger partial charge in [-0.15, -0.1) is 11.3 Å². The Bertz CT molecular complexity index is 481. The van der Waals surface area contributed by atoms with Gasteiger partial charge in [0, 0.05) is 6.42 Å². The van der Waals surface area contributed by atoms with E-state index in [1.54, 1.807) is 22.3 Å². The van der Waals surface area contributed by atoms with Crippen LogP contribution in [0.25, 0.3) is 10.2 Å². The standard InChI is InChI=1S/C10H10N2O2S/c13-10(12-14)4-2-7-1-3-8-9(5-7)15-6-11-8/h1,3,5-6,14H,2,4H2,(H,12,13). The molecule has 0 aliphatic carbocycles. The minimum Gasteiger partial charge on any atom is -0.289 e. The van der Waals surface area contributed by atoms with Crippen molar-refractivity contribution < 1.29 is 10.0 Å². The van der Waals surface area contributed by atoms with Crippen LogP contribution < -0.4 is 5.48 Å². The zero-order valence-electron chi connectivity index (χ0n) is 7.93. The number of fused-ring (bicyclic) bond motifs is 1. The summed E-state index contributed by atoms with van der Waals surface area (Å²) in [6, 6.07) is 5.92. The van der Waals surface area contributed by atoms with Crippen molar-refractivity contribution >= 4 is 27.5 Å². The number of hydrogen-bond acceptors (Lipinski definition) is 4. The summed E-state index contributed by atoms with van der Waals surface area (Å²) in [5.41, 5.74) is 5.48. The predicted octanol–water partition coefficient (Wildman–Crippen LogP) is 1.73. The lowest BCUT2D eigenvalue weighted by atomic mass is 10.1. The molecule has 78 valence electrons. The molecule has 0 aliphatic heterocycles. The zero-order valence-corrected chi connectivity index (χ0v) is 8.75. The van der Waals surface area contributed by atoms with Gasteiger partial charge in [-0.25, -0.2) is 10.5 Å². The maximum absolute atomic E-state index is 10.8. The summed E-state index contributed by atoms with van der Waals surface area (Å²) in [5.74, 6) is -0.362. The van der Waals surface area contributed by atoms with E-state index < -0.39 is 0 Å². The van der Waals surface area contributed by atoms with Gasteiger partial charge in [0.25, 0.3) is 0 Å². The number of amides is 1. The van der Waals surface area contributed by atoms with Gasteiger partial charge in [0.2, 0.25) is 5.91 Å². The number of carbonyl (C=O) groups is 1. The van der Waals surface area contributed by atoms with E-state index in [0.717, 1.165) is 15.8 Å². The predicted molar refractivity (Wildman–Crippen MR) is 57.9 cm³/mol. The molecule has 0 atom stereocenters. The number of nitrogens with zero attached hydrogens (tertiary/aromatic N) is 1. The molecule has 1 heterocycles. The highest BCUT2D eigenvalue weighted by Crippen LogP contribution is 2.19. The van der Waals surface area contributed by atoms with Crippen LogP contribution in [0.4, 0.5) is 0 Å². The quantitative estimate of drug-likeness (QED) is 0.614. The van der Waals surface area contributed by atoms with Crippen molar-refractivity contribution in [3.8, 4) is 0 Å². The SMILES string of the molecule is O=C(CCc1ccc2ncsc2c1)NO. The first-order chi connectivity index (χ1) is 7.29. The minimum absolute atomic E-state index is 0.292. The lowest BCUT2D eigenvalue weighted by Gasteiger charge is -1.99. The highest BCUT2D eigenvalue weighted by atomic mass is 32.1. The highest BCUT2D eigenvalue weighted by molar-refractivity contribution is 7.16. The third-order valence-corrected chi connectivity index (χ3v) is 2.95. The number of carbonyl (C=O) groups excluding carboxylic acids is 1. The van der Waals surface area contributed by atoms with Crippen LogP contribution in [0.15, 0.2) is 23.7 Å². The normalized spacial score (nSPS) is 10.5. The molecule has 1 aromatic carbocycles. The molecule has 5 heteroatoms. The molecule has 15 heavy (non-hydrogen) atoms. The van der Waals surface area contributed by atoms with Crippen molar-refractivity contribution in [2.45, 2.75) is 12.8 Å². The van der Waals surface area contributed by atoms with Gasteiger partial charge in [0.05, 0.1) is 15.7 Å². The van der Waals surface area contributed by atoms with Gasteiger partial charge in [-0.3, -0.25) is 10.0 Å². The second kappa shape index (κ2) is 4.37. The van der Waals surface area contributed by atoms with Gasteiger partial charge < -0.3 is 0 Å². The molecule has 1 aromatic heterocycles. The first-order valence-corrected chi connectivity index (χ1v) is 5.42. The van der Waals surface area contributed by atoms with Crippen LogP contribution >= 0.6 is 11.3 Å². The van der Waals surface area contributed by atoms with Crippen LogP contribution in [0.2, 0.25) is 0 Å². The third kappa shape index (κ3) is 2.31. The van der Waals surface area contributed by atoms with E-state index >= 15 is 0 Å². The minimum atomic E-state index is -0.362. The molecule has 0 spiro atoms. The molecule has 2 N–H and O–H groups in total. The van der Waals surface area contributed by atoms with Crippen molar-refractivity contribution in [2.24, 2.45) is 0 Å². The fourth-order valence-electron chi connectivity index (χ4n) is 1.37. The van der Waals surface area contributed by atoms with Gasteiger partial charge >= 0.3 is 0 Å². The van der Waals surface area contributed by atoms with Crippen LogP contribution in [0, 0.1) is 0 Å². The van der Waals surface area contributed by atoms with Gasteiger partial charge in [-0.2, -0.15) is 0 Å². The van der Waals surface area contributed by atoms with Gasteiger partial charge in [0.1, 0.15) is 0 Å². The number of aryl methyl sites for hydroxylation is 1. The smallest absolute Gasteiger partial charge is 0.243 e. The lowest BCUT2D eigenvalue weighted by Crippen LogP contribution is -2.18. The molecular formula is C10H10N2O2S. The number of rotatable bonds is 3. The van der Waals surface area contributed by atoms with Crippen LogP contribution in [0.3, 0.4) is 0 Å². The molecule has 1 amide bonds. The van der Waals surface area contributed by atoms with Crippen LogP contribution in [0.1, 0.15) is 12.0 Å². The van der Waals surface area contributed by atoms with E-state index in [9.17, 15) is 4.79 Å². The van der Waals surface area contributed by atoms with Gasteiger partial charge in [-0.05, 0) is 24.1 Å². The Morgan fingerprint density at radius 2 is 2.40 bits per heavy atom. The topological polar surface area (TPSA) is 62.2 Å². The Morgan fingerprint density at radius 1 is 1.53 bits per heavy atom. The fourth-order valence-corrected chi connectivity index (χ4v) is 2.11. The second-order valence-electron chi connectivity index (χ2n) is 3.19. The molecular weight excluding hydrogens is 212 g/mol. The Kier molecular flexibility index (Phi) is 2.94. The van der Waals surface area contributed by atoms with E-state index in [1.807, 2.05) is 18.2 Å². The average molecular weight is 222 g/mol. The molecule has 0 saturated heterocycles. The van der Waals surface area contributed by atoms with Crippen molar-refractivity contribution in [1.82, 2.24) is 10.5 Å². The lowest BCUT2D eigenvalue weighted by molar-refractivity contribution is -0.129. The first kappa shape index (κ1) is 10.1. The van der Waals surface area contributed by atoms with E-state index in [2.05, 4.69) is 4.98 Å². The third-order valence-electron chi connectivity index (χ3n) is 2.16. The van der Waals surface area contributed by atoms with Crippen molar-refractivity contribution in [1.29, 1.82) is 0 Å². The Morgan fingerprint density at radius 3 is 3.20 bits per heavy atom. The number of hydrogen-bond donors (Lipinski definition) is 2. The van der Waals surface area contributed by atoms with Crippen LogP contribution in [-0.2, 0) is 11.2 Å². The summed E-state index contributed by atoms with van der Waals surface area (Å²) in [6.07, 6.45) is 0.918. The van der Waals surface area contributed by atoms with Crippen molar-refractivity contribution in [3.63, 3.8) is 0 Å². The van der Waals surface area contributed by atoms with E-state index in [0.29, 0.717) is 12.8 Å². The number of nitrogens with one attached hydrogen (secondary N) is 1. The van der Waals surface area contributed by atoms with Gasteiger partial charge in [-0.1, -0.05) is 6.07 Å². The number of hydroxylamine groups is 1. The van der Waals surface area contributed by atoms with Crippen LogP contribution in [-0.4, -0.2) is 16.1 Å². The molecule has 4 nitrogen and oxygen atoms in total. The molecule has 2 aromatic rings. The summed E-state index contributed by atoms with van der Waals surface area (Å²) in [5, 5.41) is 8.34. The zero-order chi connectivity index (χ0) is 10.7. The summed E-state index contributed by atoms with van der Waals surface area (Å²) in [7, 11) is 0. The van der Waals surface area contributed by atoms with Crippen molar-refractivity contribution in [3.05, 3.63) is 29.3 Å². The summed E-state index contributed by atoms with van der Waals surface area (Å²) < 4.78 is 1.12. The summed E-state index contributed by atoms with van der Waals surface area (Å²) in [4.78, 5) is 15.0. The van der Waals surface area contributed by atoms with E-state index in [-0.39, 0.29) is 5.91 Å². The average Bonchev–Trinajstić information content (AvgIpc) is 2.72. The Hall–Kier alpha value is -1.46. The van der Waals surface area contributed by atoms with Gasteiger partial charge in [0.15, 0.2) is 0 Å². The number of aromatic nitrogens is 1. The van der Waals surface area contributed by atoms with E-state index in [4.69, 9.17) is 5.21 Å². The molecule has 0 saturated carbocycles. The molecule has 0 fully saturated rings.